The predicted molar refractivity (Wildman–Crippen MR) is 34.6 cm³/mol. The number of carbonyl (C=O) groups is 1. The number of ether oxygens (including phenoxy) is 2. The number of hydrogen-bond donors (Lipinski definition) is 1. The van der Waals surface area contributed by atoms with Crippen molar-refractivity contribution in [3.8, 4) is 0 Å². The zero-order valence-corrected chi connectivity index (χ0v) is 5.92. The van der Waals surface area contributed by atoms with E-state index in [-0.39, 0.29) is 12.1 Å². The topological polar surface area (TPSA) is 47.6 Å². The number of morpholine rings is 1. The van der Waals surface area contributed by atoms with Gasteiger partial charge in [0.2, 0.25) is 0 Å². The maximum atomic E-state index is 10.6. The van der Waals surface area contributed by atoms with Crippen molar-refractivity contribution in [1.29, 1.82) is 0 Å². The van der Waals surface area contributed by atoms with Crippen LogP contribution in [0.3, 0.4) is 0 Å². The van der Waals surface area contributed by atoms with E-state index in [0.717, 1.165) is 0 Å². The van der Waals surface area contributed by atoms with E-state index in [1.165, 1.54) is 0 Å². The Kier molecular flexibility index (Phi) is 2.65. The van der Waals surface area contributed by atoms with E-state index < -0.39 is 0 Å². The van der Waals surface area contributed by atoms with Crippen LogP contribution in [-0.2, 0) is 14.3 Å². The molecule has 4 nitrogen and oxygen atoms in total. The monoisotopic (exact) mass is 145 g/mol. The van der Waals surface area contributed by atoms with Gasteiger partial charge in [-0.3, -0.25) is 4.79 Å². The minimum atomic E-state index is -0.201. The maximum Gasteiger partial charge on any atom is 0.320 e. The van der Waals surface area contributed by atoms with Gasteiger partial charge in [0, 0.05) is 13.7 Å². The molecule has 0 aliphatic carbocycles. The van der Waals surface area contributed by atoms with E-state index in [1.807, 2.05) is 0 Å². The average Bonchev–Trinajstić information content (AvgIpc) is 1.88. The minimum absolute atomic E-state index is 0.105. The van der Waals surface area contributed by atoms with E-state index in [1.54, 1.807) is 7.11 Å². The van der Waals surface area contributed by atoms with Gasteiger partial charge >= 0.3 is 5.97 Å². The van der Waals surface area contributed by atoms with Crippen LogP contribution in [0.25, 0.3) is 0 Å². The fourth-order valence-corrected chi connectivity index (χ4v) is 0.883. The molecule has 1 fully saturated rings. The third-order valence-electron chi connectivity index (χ3n) is 1.29. The Labute approximate surface area is 59.5 Å². The Morgan fingerprint density at radius 3 is 3.30 bits per heavy atom. The molecule has 10 heavy (non-hydrogen) atoms. The number of rotatable bonds is 2. The quantitative estimate of drug-likeness (QED) is 0.514. The lowest BCUT2D eigenvalue weighted by atomic mass is 10.3. The summed E-state index contributed by atoms with van der Waals surface area (Å²) in [5.74, 6) is -0.201. The lowest BCUT2D eigenvalue weighted by Gasteiger charge is -2.21. The fraction of sp³-hybridized carbons (Fsp3) is 0.833. The number of carbonyl (C=O) groups excluding carboxylic acids is 1. The smallest absolute Gasteiger partial charge is 0.320 e. The molecular formula is C6H11NO3. The molecule has 0 aromatic heterocycles. The van der Waals surface area contributed by atoms with Crippen LogP contribution in [0.15, 0.2) is 0 Å². The second kappa shape index (κ2) is 3.53. The maximum absolute atomic E-state index is 10.6. The standard InChI is InChI=1S/C6H11NO3/c1-9-4-5-2-7-3-6(8)10-5/h5,7H,2-4H2,1H3/t5-/m0/s1. The zero-order chi connectivity index (χ0) is 7.40. The van der Waals surface area contributed by atoms with Crippen LogP contribution >= 0.6 is 0 Å². The predicted octanol–water partition coefficient (Wildman–Crippen LogP) is -0.852. The molecule has 1 atom stereocenters. The Balaban J connectivity index is 2.25. The Morgan fingerprint density at radius 2 is 2.70 bits per heavy atom. The van der Waals surface area contributed by atoms with Gasteiger partial charge in [-0.15, -0.1) is 0 Å². The van der Waals surface area contributed by atoms with Crippen LogP contribution in [0.5, 0.6) is 0 Å². The van der Waals surface area contributed by atoms with E-state index in [2.05, 4.69) is 5.32 Å². The third-order valence-corrected chi connectivity index (χ3v) is 1.29. The molecule has 58 valence electrons. The minimum Gasteiger partial charge on any atom is -0.458 e. The molecule has 0 radical (unpaired) electrons. The Bertz CT molecular complexity index is 124. The van der Waals surface area contributed by atoms with Gasteiger partial charge in [-0.1, -0.05) is 0 Å². The first-order valence-corrected chi connectivity index (χ1v) is 3.22. The van der Waals surface area contributed by atoms with Gasteiger partial charge in [0.05, 0.1) is 13.2 Å². The molecule has 0 amide bonds. The summed E-state index contributed by atoms with van der Waals surface area (Å²) in [7, 11) is 1.59. The van der Waals surface area contributed by atoms with Gasteiger partial charge < -0.3 is 14.8 Å². The second-order valence-electron chi connectivity index (χ2n) is 2.20. The summed E-state index contributed by atoms with van der Waals surface area (Å²) in [5.41, 5.74) is 0. The highest BCUT2D eigenvalue weighted by Gasteiger charge is 2.18. The van der Waals surface area contributed by atoms with Gasteiger partial charge in [0.25, 0.3) is 0 Å². The molecule has 0 spiro atoms. The normalized spacial score (nSPS) is 26.1. The molecule has 0 bridgehead atoms. The SMILES string of the molecule is COC[C@@H]1CNCC(=O)O1. The lowest BCUT2D eigenvalue weighted by Crippen LogP contribution is -2.43. The van der Waals surface area contributed by atoms with Crippen molar-refractivity contribution in [2.45, 2.75) is 6.10 Å². The molecule has 1 heterocycles. The molecular weight excluding hydrogens is 134 g/mol. The molecule has 1 aliphatic heterocycles. The largest absolute Gasteiger partial charge is 0.458 e. The summed E-state index contributed by atoms with van der Waals surface area (Å²) in [5, 5.41) is 2.91. The number of methoxy groups -OCH3 is 1. The molecule has 1 N–H and O–H groups in total. The van der Waals surface area contributed by atoms with Gasteiger partial charge in [0.15, 0.2) is 0 Å². The van der Waals surface area contributed by atoms with Gasteiger partial charge in [0.1, 0.15) is 6.10 Å². The highest BCUT2D eigenvalue weighted by Crippen LogP contribution is 1.96. The number of nitrogens with one attached hydrogen (secondary N) is 1. The Morgan fingerprint density at radius 1 is 1.90 bits per heavy atom. The first-order valence-electron chi connectivity index (χ1n) is 3.22. The summed E-state index contributed by atoms with van der Waals surface area (Å²) in [6, 6.07) is 0. The van der Waals surface area contributed by atoms with Crippen molar-refractivity contribution in [2.75, 3.05) is 26.8 Å². The van der Waals surface area contributed by atoms with E-state index in [4.69, 9.17) is 9.47 Å². The zero-order valence-electron chi connectivity index (χ0n) is 5.92. The average molecular weight is 145 g/mol. The van der Waals surface area contributed by atoms with Gasteiger partial charge in [-0.2, -0.15) is 0 Å². The highest BCUT2D eigenvalue weighted by atomic mass is 16.6. The molecule has 0 aromatic rings. The third kappa shape index (κ3) is 1.97. The van der Waals surface area contributed by atoms with Crippen LogP contribution in [-0.4, -0.2) is 38.9 Å². The molecule has 1 rings (SSSR count). The lowest BCUT2D eigenvalue weighted by molar-refractivity contribution is -0.154. The summed E-state index contributed by atoms with van der Waals surface area (Å²) in [6.45, 7) is 1.48. The highest BCUT2D eigenvalue weighted by molar-refractivity contribution is 5.72. The van der Waals surface area contributed by atoms with Crippen molar-refractivity contribution >= 4 is 5.97 Å². The molecule has 4 heteroatoms. The van der Waals surface area contributed by atoms with Crippen molar-refractivity contribution < 1.29 is 14.3 Å². The van der Waals surface area contributed by atoms with Crippen LogP contribution in [0.2, 0.25) is 0 Å². The van der Waals surface area contributed by atoms with Gasteiger partial charge in [-0.05, 0) is 0 Å². The summed E-state index contributed by atoms with van der Waals surface area (Å²) in [6.07, 6.45) is -0.105. The van der Waals surface area contributed by atoms with Crippen LogP contribution in [0.4, 0.5) is 0 Å². The van der Waals surface area contributed by atoms with E-state index in [9.17, 15) is 4.79 Å². The molecule has 0 aromatic carbocycles. The number of cyclic esters (lactones) is 1. The van der Waals surface area contributed by atoms with Crippen molar-refractivity contribution in [2.24, 2.45) is 0 Å². The van der Waals surface area contributed by atoms with Crippen molar-refractivity contribution in [3.63, 3.8) is 0 Å². The van der Waals surface area contributed by atoms with Crippen molar-refractivity contribution in [1.82, 2.24) is 5.32 Å². The first-order chi connectivity index (χ1) is 4.83. The van der Waals surface area contributed by atoms with Crippen molar-refractivity contribution in [3.05, 3.63) is 0 Å². The number of hydrogen-bond acceptors (Lipinski definition) is 4. The van der Waals surface area contributed by atoms with Crippen LogP contribution in [0, 0.1) is 0 Å². The van der Waals surface area contributed by atoms with Crippen LogP contribution in [0.1, 0.15) is 0 Å². The fourth-order valence-electron chi connectivity index (χ4n) is 0.883. The van der Waals surface area contributed by atoms with Gasteiger partial charge in [-0.25, -0.2) is 0 Å². The first kappa shape index (κ1) is 7.50. The summed E-state index contributed by atoms with van der Waals surface area (Å²) < 4.78 is 9.71. The molecule has 0 unspecified atom stereocenters. The second-order valence-corrected chi connectivity index (χ2v) is 2.20. The summed E-state index contributed by atoms with van der Waals surface area (Å²) >= 11 is 0. The van der Waals surface area contributed by atoms with Crippen LogP contribution < -0.4 is 5.32 Å². The molecule has 1 aliphatic rings. The molecule has 1 saturated heterocycles. The molecule has 0 saturated carbocycles. The Hall–Kier alpha value is -0.610. The van der Waals surface area contributed by atoms with E-state index >= 15 is 0 Å². The number of esters is 1. The van der Waals surface area contributed by atoms with E-state index in [0.29, 0.717) is 19.7 Å². The summed E-state index contributed by atoms with van der Waals surface area (Å²) in [4.78, 5) is 10.6.